The van der Waals surface area contributed by atoms with Gasteiger partial charge in [-0.3, -0.25) is 14.5 Å². The van der Waals surface area contributed by atoms with Gasteiger partial charge in [0.05, 0.1) is 5.57 Å². The lowest BCUT2D eigenvalue weighted by atomic mass is 9.95. The van der Waals surface area contributed by atoms with Gasteiger partial charge < -0.3 is 4.90 Å². The van der Waals surface area contributed by atoms with Crippen LogP contribution in [0.3, 0.4) is 0 Å². The van der Waals surface area contributed by atoms with Crippen LogP contribution >= 0.6 is 0 Å². The SMILES string of the molecule is CCN1C(=O)C(c2ccc(C)cc2C)=C(N2CCC(C)CC2)C1=O. The van der Waals surface area contributed by atoms with E-state index in [1.165, 1.54) is 4.90 Å². The first-order valence-corrected chi connectivity index (χ1v) is 8.87. The Kier molecular flexibility index (Phi) is 4.48. The molecule has 24 heavy (non-hydrogen) atoms. The summed E-state index contributed by atoms with van der Waals surface area (Å²) in [6, 6.07) is 6.07. The number of carbonyl (C=O) groups excluding carboxylic acids is 2. The number of hydrogen-bond donors (Lipinski definition) is 0. The predicted molar refractivity (Wildman–Crippen MR) is 95.2 cm³/mol. The number of piperidine rings is 1. The molecule has 0 N–H and O–H groups in total. The molecule has 2 aliphatic heterocycles. The van der Waals surface area contributed by atoms with E-state index < -0.39 is 0 Å². The molecule has 0 saturated carbocycles. The third-order valence-corrected chi connectivity index (χ3v) is 5.21. The lowest BCUT2D eigenvalue weighted by molar-refractivity contribution is -0.137. The standard InChI is InChI=1S/C20H26N2O2/c1-5-22-19(23)17(16-7-6-14(3)12-15(16)4)18(20(22)24)21-10-8-13(2)9-11-21/h6-7,12-13H,5,8-11H2,1-4H3. The molecule has 1 aromatic rings. The first-order chi connectivity index (χ1) is 11.4. The van der Waals surface area contributed by atoms with Crippen molar-refractivity contribution < 1.29 is 9.59 Å². The Morgan fingerprint density at radius 1 is 1.08 bits per heavy atom. The van der Waals surface area contributed by atoms with Crippen LogP contribution in [0.5, 0.6) is 0 Å². The monoisotopic (exact) mass is 326 g/mol. The van der Waals surface area contributed by atoms with E-state index in [0.29, 0.717) is 23.7 Å². The lowest BCUT2D eigenvalue weighted by Crippen LogP contribution is -2.38. The smallest absolute Gasteiger partial charge is 0.277 e. The second-order valence-electron chi connectivity index (χ2n) is 7.07. The minimum absolute atomic E-state index is 0.132. The molecule has 0 aliphatic carbocycles. The Balaban J connectivity index is 2.11. The molecular weight excluding hydrogens is 300 g/mol. The molecule has 0 unspecified atom stereocenters. The number of benzene rings is 1. The number of rotatable bonds is 3. The molecule has 0 aromatic heterocycles. The van der Waals surface area contributed by atoms with E-state index in [2.05, 4.69) is 17.9 Å². The number of amides is 2. The fourth-order valence-electron chi connectivity index (χ4n) is 3.71. The van der Waals surface area contributed by atoms with Crippen LogP contribution in [0.15, 0.2) is 23.9 Å². The number of nitrogens with zero attached hydrogens (tertiary/aromatic N) is 2. The summed E-state index contributed by atoms with van der Waals surface area (Å²) in [6.45, 7) is 10.3. The minimum Gasteiger partial charge on any atom is -0.366 e. The molecule has 0 bridgehead atoms. The summed E-state index contributed by atoms with van der Waals surface area (Å²) in [5.74, 6) is 0.399. The number of likely N-dealkylation sites (tertiary alicyclic amines) is 1. The third kappa shape index (κ3) is 2.74. The van der Waals surface area contributed by atoms with Crippen molar-refractivity contribution in [3.8, 4) is 0 Å². The zero-order chi connectivity index (χ0) is 17.4. The second-order valence-corrected chi connectivity index (χ2v) is 7.07. The summed E-state index contributed by atoms with van der Waals surface area (Å²) in [5.41, 5.74) is 4.31. The summed E-state index contributed by atoms with van der Waals surface area (Å²) in [6.07, 6.45) is 2.13. The summed E-state index contributed by atoms with van der Waals surface area (Å²) in [5, 5.41) is 0. The Labute approximate surface area is 144 Å². The summed E-state index contributed by atoms with van der Waals surface area (Å²) < 4.78 is 0. The number of imide groups is 1. The molecule has 4 nitrogen and oxygen atoms in total. The van der Waals surface area contributed by atoms with Crippen molar-refractivity contribution >= 4 is 17.4 Å². The quantitative estimate of drug-likeness (QED) is 0.801. The molecule has 2 aliphatic rings. The second kappa shape index (κ2) is 6.42. The van der Waals surface area contributed by atoms with Crippen LogP contribution in [0.1, 0.15) is 43.4 Å². The van der Waals surface area contributed by atoms with Crippen molar-refractivity contribution in [1.29, 1.82) is 0 Å². The fourth-order valence-corrected chi connectivity index (χ4v) is 3.71. The van der Waals surface area contributed by atoms with E-state index in [0.717, 1.165) is 42.6 Å². The van der Waals surface area contributed by atoms with Crippen molar-refractivity contribution in [1.82, 2.24) is 9.80 Å². The molecular formula is C20H26N2O2. The Morgan fingerprint density at radius 2 is 1.75 bits per heavy atom. The maximum Gasteiger partial charge on any atom is 0.277 e. The van der Waals surface area contributed by atoms with E-state index in [1.807, 2.05) is 32.9 Å². The zero-order valence-electron chi connectivity index (χ0n) is 15.1. The van der Waals surface area contributed by atoms with Gasteiger partial charge in [-0.05, 0) is 50.7 Å². The molecule has 0 spiro atoms. The number of aryl methyl sites for hydroxylation is 2. The molecule has 1 fully saturated rings. The first-order valence-electron chi connectivity index (χ1n) is 8.87. The first kappa shape index (κ1) is 16.7. The van der Waals surface area contributed by atoms with E-state index in [1.54, 1.807) is 0 Å². The average Bonchev–Trinajstić information content (AvgIpc) is 2.79. The topological polar surface area (TPSA) is 40.6 Å². The highest BCUT2D eigenvalue weighted by Crippen LogP contribution is 2.35. The summed E-state index contributed by atoms with van der Waals surface area (Å²) in [4.78, 5) is 29.3. The average molecular weight is 326 g/mol. The third-order valence-electron chi connectivity index (χ3n) is 5.21. The van der Waals surface area contributed by atoms with E-state index in [4.69, 9.17) is 0 Å². The zero-order valence-corrected chi connectivity index (χ0v) is 15.1. The molecule has 1 saturated heterocycles. The van der Waals surface area contributed by atoms with Crippen LogP contribution in [0, 0.1) is 19.8 Å². The van der Waals surface area contributed by atoms with Crippen molar-refractivity contribution in [2.45, 2.75) is 40.5 Å². The van der Waals surface area contributed by atoms with Crippen molar-refractivity contribution in [2.24, 2.45) is 5.92 Å². The predicted octanol–water partition coefficient (Wildman–Crippen LogP) is 3.14. The van der Waals surface area contributed by atoms with E-state index >= 15 is 0 Å². The highest BCUT2D eigenvalue weighted by molar-refractivity contribution is 6.35. The molecule has 3 rings (SSSR count). The van der Waals surface area contributed by atoms with Crippen LogP contribution in [0.4, 0.5) is 0 Å². The van der Waals surface area contributed by atoms with Gasteiger partial charge in [0.25, 0.3) is 11.8 Å². The fraction of sp³-hybridized carbons (Fsp3) is 0.500. The maximum absolute atomic E-state index is 12.9. The van der Waals surface area contributed by atoms with Gasteiger partial charge in [0.1, 0.15) is 5.70 Å². The van der Waals surface area contributed by atoms with Crippen LogP contribution in [0.25, 0.3) is 5.57 Å². The largest absolute Gasteiger partial charge is 0.366 e. The van der Waals surface area contributed by atoms with Crippen molar-refractivity contribution in [3.05, 3.63) is 40.6 Å². The van der Waals surface area contributed by atoms with Gasteiger partial charge in [0, 0.05) is 19.6 Å². The van der Waals surface area contributed by atoms with Crippen LogP contribution in [0.2, 0.25) is 0 Å². The minimum atomic E-state index is -0.150. The van der Waals surface area contributed by atoms with Gasteiger partial charge in [-0.1, -0.05) is 30.7 Å². The molecule has 2 amide bonds. The van der Waals surface area contributed by atoms with Gasteiger partial charge in [-0.2, -0.15) is 0 Å². The molecule has 1 aromatic carbocycles. The molecule has 0 atom stereocenters. The summed E-state index contributed by atoms with van der Waals surface area (Å²) >= 11 is 0. The Hall–Kier alpha value is -2.10. The molecule has 2 heterocycles. The van der Waals surface area contributed by atoms with E-state index in [9.17, 15) is 9.59 Å². The number of carbonyl (C=O) groups is 2. The molecule has 0 radical (unpaired) electrons. The maximum atomic E-state index is 12.9. The van der Waals surface area contributed by atoms with Gasteiger partial charge in [-0.15, -0.1) is 0 Å². The van der Waals surface area contributed by atoms with Crippen molar-refractivity contribution in [2.75, 3.05) is 19.6 Å². The van der Waals surface area contributed by atoms with Gasteiger partial charge >= 0.3 is 0 Å². The highest BCUT2D eigenvalue weighted by Gasteiger charge is 2.41. The normalized spacial score (nSPS) is 19.7. The summed E-state index contributed by atoms with van der Waals surface area (Å²) in [7, 11) is 0. The number of likely N-dealkylation sites (N-methyl/N-ethyl adjacent to an activating group) is 1. The molecule has 4 heteroatoms. The van der Waals surface area contributed by atoms with Gasteiger partial charge in [0.15, 0.2) is 0 Å². The number of hydrogen-bond acceptors (Lipinski definition) is 3. The van der Waals surface area contributed by atoms with Crippen LogP contribution in [-0.2, 0) is 9.59 Å². The molecule has 128 valence electrons. The van der Waals surface area contributed by atoms with Crippen LogP contribution in [-0.4, -0.2) is 41.2 Å². The van der Waals surface area contributed by atoms with Gasteiger partial charge in [-0.25, -0.2) is 0 Å². The lowest BCUT2D eigenvalue weighted by Gasteiger charge is -2.32. The highest BCUT2D eigenvalue weighted by atomic mass is 16.2. The Bertz CT molecular complexity index is 712. The Morgan fingerprint density at radius 3 is 2.33 bits per heavy atom. The van der Waals surface area contributed by atoms with Crippen LogP contribution < -0.4 is 0 Å². The van der Waals surface area contributed by atoms with Crippen molar-refractivity contribution in [3.63, 3.8) is 0 Å². The van der Waals surface area contributed by atoms with E-state index in [-0.39, 0.29) is 11.8 Å². The van der Waals surface area contributed by atoms with Gasteiger partial charge in [0.2, 0.25) is 0 Å².